The predicted molar refractivity (Wildman–Crippen MR) is 96.9 cm³/mol. The molecule has 2 aromatic rings. The van der Waals surface area contributed by atoms with Crippen molar-refractivity contribution in [2.24, 2.45) is 5.92 Å². The molecule has 0 bridgehead atoms. The van der Waals surface area contributed by atoms with Gasteiger partial charge in [0.25, 0.3) is 0 Å². The van der Waals surface area contributed by atoms with E-state index in [4.69, 9.17) is 0 Å². The number of rotatable bonds is 6. The minimum Gasteiger partial charge on any atom is -0.760 e. The summed E-state index contributed by atoms with van der Waals surface area (Å²) in [6.07, 6.45) is 2.10. The van der Waals surface area contributed by atoms with E-state index in [2.05, 4.69) is 10.0 Å². The summed E-state index contributed by atoms with van der Waals surface area (Å²) in [4.78, 5) is 0. The molecule has 0 saturated carbocycles. The van der Waals surface area contributed by atoms with Crippen LogP contribution in [0.5, 0.6) is 0 Å². The third-order valence-corrected chi connectivity index (χ3v) is 5.29. The average Bonchev–Trinajstić information content (AvgIpc) is 2.62. The van der Waals surface area contributed by atoms with Crippen molar-refractivity contribution in [2.75, 3.05) is 13.1 Å². The summed E-state index contributed by atoms with van der Waals surface area (Å²) in [7, 11) is 0. The van der Waals surface area contributed by atoms with E-state index < -0.39 is 28.7 Å². The molecule has 27 heavy (non-hydrogen) atoms. The molecular weight excluding hydrogens is 377 g/mol. The summed E-state index contributed by atoms with van der Waals surface area (Å²) in [5.41, 5.74) is 0.699. The average molecular weight is 397 g/mol. The lowest BCUT2D eigenvalue weighted by atomic mass is 9.86. The molecule has 0 amide bonds. The van der Waals surface area contributed by atoms with Crippen molar-refractivity contribution in [1.29, 1.82) is 0 Å². The van der Waals surface area contributed by atoms with Crippen molar-refractivity contribution < 1.29 is 21.9 Å². The Balaban J connectivity index is 1.83. The van der Waals surface area contributed by atoms with E-state index >= 15 is 4.39 Å². The van der Waals surface area contributed by atoms with E-state index in [1.165, 1.54) is 6.07 Å². The minimum absolute atomic E-state index is 0.0336. The van der Waals surface area contributed by atoms with Crippen LogP contribution in [-0.4, -0.2) is 27.9 Å². The number of hydrogen-bond donors (Lipinski definition) is 2. The number of hydrogen-bond acceptors (Lipinski definition) is 3. The van der Waals surface area contributed by atoms with Crippen LogP contribution >= 0.6 is 0 Å². The van der Waals surface area contributed by atoms with E-state index in [0.29, 0.717) is 12.0 Å². The van der Waals surface area contributed by atoms with Crippen LogP contribution in [0.2, 0.25) is 0 Å². The van der Waals surface area contributed by atoms with E-state index in [1.54, 1.807) is 12.1 Å². The van der Waals surface area contributed by atoms with Gasteiger partial charge in [0.2, 0.25) is 0 Å². The lowest BCUT2D eigenvalue weighted by molar-refractivity contribution is 0.276. The zero-order chi connectivity index (χ0) is 19.4. The quantitative estimate of drug-likeness (QED) is 0.737. The predicted octanol–water partition coefficient (Wildman–Crippen LogP) is 3.07. The standard InChI is InChI=1S/C19H21F3N2O2S/c20-15-7-14(8-16(21)10-15)17-5-1-3-12(19(17)22)9-18-13(4-2-6-23-18)11-24-27(25)26/h1,3,5,7-8,10,13,18,23-24H,2,4,6,9,11H2,(H,25,26)/p-1. The van der Waals surface area contributed by atoms with Gasteiger partial charge in [0, 0.05) is 35.5 Å². The van der Waals surface area contributed by atoms with Crippen LogP contribution in [0.1, 0.15) is 18.4 Å². The molecule has 0 aromatic heterocycles. The van der Waals surface area contributed by atoms with E-state index in [1.807, 2.05) is 0 Å². The van der Waals surface area contributed by atoms with Crippen LogP contribution < -0.4 is 10.0 Å². The summed E-state index contributed by atoms with van der Waals surface area (Å²) in [6, 6.07) is 7.63. The van der Waals surface area contributed by atoms with Gasteiger partial charge in [-0.05, 0) is 55.0 Å². The summed E-state index contributed by atoms with van der Waals surface area (Å²) in [5.74, 6) is -2.01. The van der Waals surface area contributed by atoms with Crippen LogP contribution in [-0.2, 0) is 17.7 Å². The van der Waals surface area contributed by atoms with Crippen LogP contribution in [0.15, 0.2) is 36.4 Å². The molecule has 0 spiro atoms. The molecule has 1 aliphatic rings. The highest BCUT2D eigenvalue weighted by molar-refractivity contribution is 7.77. The molecule has 2 aromatic carbocycles. The Morgan fingerprint density at radius 3 is 2.63 bits per heavy atom. The molecule has 0 radical (unpaired) electrons. The number of halogens is 3. The molecule has 8 heteroatoms. The number of benzene rings is 2. The van der Waals surface area contributed by atoms with Gasteiger partial charge in [-0.1, -0.05) is 18.2 Å². The molecule has 1 fully saturated rings. The van der Waals surface area contributed by atoms with E-state index in [9.17, 15) is 17.5 Å². The topological polar surface area (TPSA) is 64.2 Å². The largest absolute Gasteiger partial charge is 0.760 e. The molecule has 1 aliphatic heterocycles. The first-order valence-electron chi connectivity index (χ1n) is 8.74. The second kappa shape index (κ2) is 8.97. The summed E-state index contributed by atoms with van der Waals surface area (Å²) < 4.78 is 65.9. The molecule has 4 nitrogen and oxygen atoms in total. The molecule has 3 unspecified atom stereocenters. The maximum Gasteiger partial charge on any atom is 0.134 e. The van der Waals surface area contributed by atoms with Crippen LogP contribution in [0.4, 0.5) is 13.2 Å². The Morgan fingerprint density at radius 1 is 1.19 bits per heavy atom. The highest BCUT2D eigenvalue weighted by atomic mass is 32.2. The van der Waals surface area contributed by atoms with E-state index in [-0.39, 0.29) is 29.6 Å². The minimum atomic E-state index is -2.34. The summed E-state index contributed by atoms with van der Waals surface area (Å²) in [5, 5.41) is 3.32. The summed E-state index contributed by atoms with van der Waals surface area (Å²) >= 11 is -2.34. The highest BCUT2D eigenvalue weighted by Gasteiger charge is 2.26. The van der Waals surface area contributed by atoms with Gasteiger partial charge in [-0.15, -0.1) is 0 Å². The van der Waals surface area contributed by atoms with Gasteiger partial charge in [-0.3, -0.25) is 4.21 Å². The first-order chi connectivity index (χ1) is 12.9. The molecule has 1 heterocycles. The van der Waals surface area contributed by atoms with Gasteiger partial charge in [-0.2, -0.15) is 0 Å². The fourth-order valence-electron chi connectivity index (χ4n) is 3.58. The van der Waals surface area contributed by atoms with Gasteiger partial charge < -0.3 is 9.87 Å². The third kappa shape index (κ3) is 5.16. The smallest absolute Gasteiger partial charge is 0.134 e. The number of piperidine rings is 1. The second-order valence-electron chi connectivity index (χ2n) is 6.69. The molecule has 3 rings (SSSR count). The monoisotopic (exact) mass is 397 g/mol. The van der Waals surface area contributed by atoms with Crippen LogP contribution in [0.3, 0.4) is 0 Å². The van der Waals surface area contributed by atoms with Crippen molar-refractivity contribution in [1.82, 2.24) is 10.0 Å². The molecule has 1 saturated heterocycles. The third-order valence-electron chi connectivity index (χ3n) is 4.88. The first-order valence-corrected chi connectivity index (χ1v) is 9.81. The second-order valence-corrected chi connectivity index (χ2v) is 7.45. The molecular formula is C19H20F3N2O2S-. The lowest BCUT2D eigenvalue weighted by Crippen LogP contribution is -2.46. The lowest BCUT2D eigenvalue weighted by Gasteiger charge is -2.33. The Morgan fingerprint density at radius 2 is 1.93 bits per heavy atom. The normalized spacial score (nSPS) is 21.2. The van der Waals surface area contributed by atoms with Gasteiger partial charge in [-0.25, -0.2) is 17.9 Å². The molecule has 3 atom stereocenters. The van der Waals surface area contributed by atoms with Gasteiger partial charge >= 0.3 is 0 Å². The van der Waals surface area contributed by atoms with Crippen LogP contribution in [0.25, 0.3) is 11.1 Å². The maximum absolute atomic E-state index is 15.0. The maximum atomic E-state index is 15.0. The van der Waals surface area contributed by atoms with E-state index in [0.717, 1.165) is 37.6 Å². The van der Waals surface area contributed by atoms with Gasteiger partial charge in [0.05, 0.1) is 0 Å². The molecule has 0 aliphatic carbocycles. The molecule has 146 valence electrons. The Labute approximate surface area is 158 Å². The van der Waals surface area contributed by atoms with Crippen molar-refractivity contribution in [3.8, 4) is 11.1 Å². The molecule has 2 N–H and O–H groups in total. The fourth-order valence-corrected chi connectivity index (χ4v) is 3.93. The van der Waals surface area contributed by atoms with Crippen molar-refractivity contribution in [2.45, 2.75) is 25.3 Å². The van der Waals surface area contributed by atoms with Crippen LogP contribution in [0, 0.1) is 23.4 Å². The van der Waals surface area contributed by atoms with Gasteiger partial charge in [0.15, 0.2) is 0 Å². The Hall–Kier alpha value is -1.74. The van der Waals surface area contributed by atoms with Gasteiger partial charge in [0.1, 0.15) is 17.5 Å². The number of nitrogens with one attached hydrogen (secondary N) is 2. The van der Waals surface area contributed by atoms with Crippen molar-refractivity contribution in [3.05, 3.63) is 59.4 Å². The Bertz CT molecular complexity index is 814. The zero-order valence-electron chi connectivity index (χ0n) is 14.5. The van der Waals surface area contributed by atoms with Crippen molar-refractivity contribution >= 4 is 11.3 Å². The summed E-state index contributed by atoms with van der Waals surface area (Å²) in [6.45, 7) is 1.06. The first kappa shape index (κ1) is 20.0. The fraction of sp³-hybridized carbons (Fsp3) is 0.368. The Kier molecular flexibility index (Phi) is 6.64. The zero-order valence-corrected chi connectivity index (χ0v) is 15.3. The van der Waals surface area contributed by atoms with Crippen molar-refractivity contribution in [3.63, 3.8) is 0 Å². The highest BCUT2D eigenvalue weighted by Crippen LogP contribution is 2.28. The SMILES string of the molecule is O=S([O-])NCC1CCCNC1Cc1cccc(-c2cc(F)cc(F)c2)c1F.